The summed E-state index contributed by atoms with van der Waals surface area (Å²) in [7, 11) is -3.79. The Kier molecular flexibility index (Phi) is 3.87. The highest BCUT2D eigenvalue weighted by Crippen LogP contribution is 2.20. The molecule has 0 bridgehead atoms. The predicted molar refractivity (Wildman–Crippen MR) is 63.6 cm³/mol. The molecule has 0 saturated heterocycles. The summed E-state index contributed by atoms with van der Waals surface area (Å²) in [4.78, 5) is 15.5. The van der Waals surface area contributed by atoms with E-state index in [4.69, 9.17) is 0 Å². The Morgan fingerprint density at radius 2 is 1.88 bits per heavy atom. The number of carbonyl (C=O) groups is 1. The molecule has 6 heteroatoms. The van der Waals surface area contributed by atoms with E-state index in [1.165, 1.54) is 24.5 Å². The number of aromatic nitrogens is 1. The molecule has 0 spiro atoms. The highest BCUT2D eigenvalue weighted by Gasteiger charge is 2.29. The monoisotopic (exact) mass is 256 g/mol. The molecule has 0 fully saturated rings. The molecule has 5 nitrogen and oxygen atoms in total. The highest BCUT2D eigenvalue weighted by atomic mass is 32.2. The summed E-state index contributed by atoms with van der Waals surface area (Å²) in [6, 6.07) is 2.68. The first-order chi connectivity index (χ1) is 7.79. The quantitative estimate of drug-likeness (QED) is 0.881. The lowest BCUT2D eigenvalue weighted by molar-refractivity contribution is -0.127. The van der Waals surface area contributed by atoms with Crippen molar-refractivity contribution in [2.45, 2.75) is 32.1 Å². The number of carbonyl (C=O) groups excluding carboxylic acids is 1. The maximum absolute atomic E-state index is 11.8. The van der Waals surface area contributed by atoms with E-state index in [0.717, 1.165) is 0 Å². The Hall–Kier alpha value is -1.43. The smallest absolute Gasteiger partial charge is 0.264 e. The zero-order chi connectivity index (χ0) is 13.1. The van der Waals surface area contributed by atoms with E-state index < -0.39 is 21.3 Å². The van der Waals surface area contributed by atoms with Crippen LogP contribution in [0, 0.1) is 5.41 Å². The maximum atomic E-state index is 11.8. The van der Waals surface area contributed by atoms with Crippen LogP contribution in [0.3, 0.4) is 0 Å². The third kappa shape index (κ3) is 3.26. The molecular formula is C11H16N2O3S. The summed E-state index contributed by atoms with van der Waals surface area (Å²) >= 11 is 0. The van der Waals surface area contributed by atoms with Crippen LogP contribution >= 0.6 is 0 Å². The average Bonchev–Trinajstić information content (AvgIpc) is 2.29. The molecule has 0 unspecified atom stereocenters. The van der Waals surface area contributed by atoms with Gasteiger partial charge in [0.2, 0.25) is 5.91 Å². The van der Waals surface area contributed by atoms with E-state index in [-0.39, 0.29) is 4.90 Å². The van der Waals surface area contributed by atoms with Crippen molar-refractivity contribution >= 4 is 15.9 Å². The second kappa shape index (κ2) is 4.83. The average molecular weight is 256 g/mol. The van der Waals surface area contributed by atoms with Crippen LogP contribution < -0.4 is 4.72 Å². The van der Waals surface area contributed by atoms with Gasteiger partial charge in [-0.05, 0) is 18.6 Å². The minimum atomic E-state index is -3.79. The lowest BCUT2D eigenvalue weighted by atomic mass is 9.90. The normalized spacial score (nSPS) is 12.2. The van der Waals surface area contributed by atoms with Gasteiger partial charge in [0.05, 0.1) is 4.90 Å². The third-order valence-corrected chi connectivity index (χ3v) is 4.03. The maximum Gasteiger partial charge on any atom is 0.264 e. The van der Waals surface area contributed by atoms with E-state index in [2.05, 4.69) is 9.71 Å². The number of rotatable bonds is 4. The van der Waals surface area contributed by atoms with Crippen LogP contribution in [0.1, 0.15) is 27.2 Å². The van der Waals surface area contributed by atoms with E-state index >= 15 is 0 Å². The van der Waals surface area contributed by atoms with Crippen molar-refractivity contribution in [3.05, 3.63) is 24.5 Å². The van der Waals surface area contributed by atoms with Gasteiger partial charge in [0.1, 0.15) is 0 Å². The molecule has 0 aliphatic rings. The van der Waals surface area contributed by atoms with Gasteiger partial charge < -0.3 is 0 Å². The second-order valence-electron chi connectivity index (χ2n) is 4.35. The minimum Gasteiger partial charge on any atom is -0.273 e. The van der Waals surface area contributed by atoms with Crippen LogP contribution in [-0.4, -0.2) is 19.3 Å². The van der Waals surface area contributed by atoms with E-state index in [9.17, 15) is 13.2 Å². The highest BCUT2D eigenvalue weighted by molar-refractivity contribution is 7.90. The first-order valence-corrected chi connectivity index (χ1v) is 6.75. The van der Waals surface area contributed by atoms with Crippen LogP contribution in [0.25, 0.3) is 0 Å². The molecule has 0 saturated carbocycles. The molecule has 1 aromatic heterocycles. The van der Waals surface area contributed by atoms with E-state index in [0.29, 0.717) is 6.42 Å². The first-order valence-electron chi connectivity index (χ1n) is 5.27. The molecule has 0 atom stereocenters. The number of hydrogen-bond donors (Lipinski definition) is 1. The van der Waals surface area contributed by atoms with E-state index in [1.807, 2.05) is 6.92 Å². The van der Waals surface area contributed by atoms with Crippen molar-refractivity contribution in [2.24, 2.45) is 5.41 Å². The molecule has 17 heavy (non-hydrogen) atoms. The van der Waals surface area contributed by atoms with Crippen molar-refractivity contribution < 1.29 is 13.2 Å². The van der Waals surface area contributed by atoms with E-state index in [1.54, 1.807) is 13.8 Å². The fraction of sp³-hybridized carbons (Fsp3) is 0.455. The molecule has 0 aliphatic heterocycles. The summed E-state index contributed by atoms with van der Waals surface area (Å²) in [5, 5.41) is 0. The Labute approximate surface area is 101 Å². The molecule has 0 radical (unpaired) electrons. The zero-order valence-electron chi connectivity index (χ0n) is 10.1. The Bertz CT molecular complexity index is 495. The molecule has 1 rings (SSSR count). The first kappa shape index (κ1) is 13.6. The molecule has 0 aromatic carbocycles. The topological polar surface area (TPSA) is 76.1 Å². The summed E-state index contributed by atoms with van der Waals surface area (Å²) in [5.74, 6) is -0.503. The number of nitrogens with zero attached hydrogens (tertiary/aromatic N) is 1. The van der Waals surface area contributed by atoms with Crippen molar-refractivity contribution in [1.82, 2.24) is 9.71 Å². The van der Waals surface area contributed by atoms with Gasteiger partial charge in [-0.25, -0.2) is 13.1 Å². The van der Waals surface area contributed by atoms with Crippen molar-refractivity contribution in [3.63, 3.8) is 0 Å². The van der Waals surface area contributed by atoms with Crippen LogP contribution in [0.4, 0.5) is 0 Å². The molecule has 1 heterocycles. The van der Waals surface area contributed by atoms with Crippen LogP contribution in [0.15, 0.2) is 29.4 Å². The Morgan fingerprint density at radius 3 is 2.35 bits per heavy atom. The molecular weight excluding hydrogens is 240 g/mol. The van der Waals surface area contributed by atoms with Crippen molar-refractivity contribution in [2.75, 3.05) is 0 Å². The summed E-state index contributed by atoms with van der Waals surface area (Å²) < 4.78 is 25.8. The molecule has 1 N–H and O–H groups in total. The van der Waals surface area contributed by atoms with Gasteiger partial charge >= 0.3 is 0 Å². The minimum absolute atomic E-state index is 0.0350. The number of sulfonamides is 1. The van der Waals surface area contributed by atoms with Crippen LogP contribution in [0.5, 0.6) is 0 Å². The zero-order valence-corrected chi connectivity index (χ0v) is 10.9. The lowest BCUT2D eigenvalue weighted by Gasteiger charge is -2.21. The fourth-order valence-corrected chi connectivity index (χ4v) is 2.12. The van der Waals surface area contributed by atoms with Gasteiger partial charge in [-0.3, -0.25) is 9.78 Å². The number of amides is 1. The van der Waals surface area contributed by atoms with Crippen LogP contribution in [-0.2, 0) is 14.8 Å². The van der Waals surface area contributed by atoms with Gasteiger partial charge in [-0.2, -0.15) is 0 Å². The van der Waals surface area contributed by atoms with Crippen LogP contribution in [0.2, 0.25) is 0 Å². The lowest BCUT2D eigenvalue weighted by Crippen LogP contribution is -2.40. The molecule has 94 valence electrons. The van der Waals surface area contributed by atoms with Crippen molar-refractivity contribution in [1.29, 1.82) is 0 Å². The molecule has 1 amide bonds. The predicted octanol–water partition coefficient (Wildman–Crippen LogP) is 1.32. The molecule has 1 aromatic rings. The van der Waals surface area contributed by atoms with Gasteiger partial charge in [0, 0.05) is 17.8 Å². The Balaban J connectivity index is 2.93. The van der Waals surface area contributed by atoms with Gasteiger partial charge in [-0.1, -0.05) is 20.8 Å². The van der Waals surface area contributed by atoms with Gasteiger partial charge in [0.25, 0.3) is 10.0 Å². The van der Waals surface area contributed by atoms with Crippen molar-refractivity contribution in [3.8, 4) is 0 Å². The Morgan fingerprint density at radius 1 is 1.35 bits per heavy atom. The number of pyridine rings is 1. The third-order valence-electron chi connectivity index (χ3n) is 2.69. The summed E-state index contributed by atoms with van der Waals surface area (Å²) in [6.45, 7) is 5.23. The molecule has 0 aliphatic carbocycles. The largest absolute Gasteiger partial charge is 0.273 e. The number of hydrogen-bond acceptors (Lipinski definition) is 4. The number of nitrogens with one attached hydrogen (secondary N) is 1. The second-order valence-corrected chi connectivity index (χ2v) is 6.04. The fourth-order valence-electron chi connectivity index (χ4n) is 0.997. The summed E-state index contributed by atoms with van der Waals surface area (Å²) in [6.07, 6.45) is 3.29. The van der Waals surface area contributed by atoms with Gasteiger partial charge in [0.15, 0.2) is 0 Å². The standard InChI is InChI=1S/C11H16N2O3S/c1-4-11(2,3)10(14)13-17(15,16)9-5-7-12-8-6-9/h5-8H,4H2,1-3H3,(H,13,14). The SMILES string of the molecule is CCC(C)(C)C(=O)NS(=O)(=O)c1ccncc1. The summed E-state index contributed by atoms with van der Waals surface area (Å²) in [5.41, 5.74) is -0.708. The van der Waals surface area contributed by atoms with Gasteiger partial charge in [-0.15, -0.1) is 0 Å².